The highest BCUT2D eigenvalue weighted by atomic mass is 14.9. The van der Waals surface area contributed by atoms with E-state index in [0.717, 1.165) is 5.69 Å². The normalized spacial score (nSPS) is 14.1. The molecule has 100 valence electrons. The van der Waals surface area contributed by atoms with Crippen molar-refractivity contribution >= 4 is 0 Å². The number of hydrogen-bond donors (Lipinski definition) is 1. The van der Waals surface area contributed by atoms with Gasteiger partial charge < -0.3 is 4.98 Å². The van der Waals surface area contributed by atoms with Gasteiger partial charge in [0.05, 0.1) is 5.69 Å². The molecule has 1 unspecified atom stereocenters. The Hall–Kier alpha value is -1.23. The van der Waals surface area contributed by atoms with E-state index in [4.69, 9.17) is 6.42 Å². The summed E-state index contributed by atoms with van der Waals surface area (Å²) in [4.78, 5) is 7.60. The van der Waals surface area contributed by atoms with Crippen LogP contribution in [0.4, 0.5) is 0 Å². The maximum Gasteiger partial charge on any atom is 0.182 e. The average molecular weight is 246 g/mol. The Morgan fingerprint density at radius 1 is 1.22 bits per heavy atom. The van der Waals surface area contributed by atoms with Crippen molar-refractivity contribution in [1.82, 2.24) is 9.97 Å². The molecule has 0 bridgehead atoms. The predicted molar refractivity (Wildman–Crippen MR) is 77.5 cm³/mol. The van der Waals surface area contributed by atoms with E-state index in [9.17, 15) is 0 Å². The van der Waals surface area contributed by atoms with Gasteiger partial charge in [-0.3, -0.25) is 0 Å². The molecule has 0 saturated heterocycles. The summed E-state index contributed by atoms with van der Waals surface area (Å²) in [6.45, 7) is 6.80. The van der Waals surface area contributed by atoms with E-state index in [0.29, 0.717) is 5.82 Å². The summed E-state index contributed by atoms with van der Waals surface area (Å²) in [6, 6.07) is 0. The van der Waals surface area contributed by atoms with Crippen molar-refractivity contribution in [2.45, 2.75) is 71.1 Å². The highest BCUT2D eigenvalue weighted by molar-refractivity contribution is 5.22. The third-order valence-corrected chi connectivity index (χ3v) is 3.72. The van der Waals surface area contributed by atoms with Crippen molar-refractivity contribution in [3.63, 3.8) is 0 Å². The third-order valence-electron chi connectivity index (χ3n) is 3.72. The molecule has 0 saturated carbocycles. The molecular weight excluding hydrogens is 220 g/mol. The fourth-order valence-corrected chi connectivity index (χ4v) is 2.58. The molecule has 0 aliphatic heterocycles. The molecule has 0 amide bonds. The average Bonchev–Trinajstić information content (AvgIpc) is 2.84. The Morgan fingerprint density at radius 2 is 2.00 bits per heavy atom. The predicted octanol–water partition coefficient (Wildman–Crippen LogP) is 4.42. The molecule has 0 aliphatic carbocycles. The second-order valence-electron chi connectivity index (χ2n) is 5.40. The number of hydrogen-bond acceptors (Lipinski definition) is 1. The second-order valence-corrected chi connectivity index (χ2v) is 5.40. The minimum Gasteiger partial charge on any atom is -0.338 e. The molecule has 1 N–H and O–H groups in total. The van der Waals surface area contributed by atoms with Crippen molar-refractivity contribution in [2.24, 2.45) is 0 Å². The highest BCUT2D eigenvalue weighted by Gasteiger charge is 2.27. The van der Waals surface area contributed by atoms with Crippen molar-refractivity contribution < 1.29 is 0 Å². The number of H-pyrrole nitrogens is 1. The van der Waals surface area contributed by atoms with E-state index >= 15 is 0 Å². The summed E-state index contributed by atoms with van der Waals surface area (Å²) in [5.41, 5.74) is 1.31. The second kappa shape index (κ2) is 7.26. The molecule has 2 heteroatoms. The van der Waals surface area contributed by atoms with Crippen LogP contribution < -0.4 is 0 Å². The summed E-state index contributed by atoms with van der Waals surface area (Å²) in [7, 11) is 0. The van der Waals surface area contributed by atoms with Crippen LogP contribution in [-0.4, -0.2) is 9.97 Å². The van der Waals surface area contributed by atoms with Gasteiger partial charge >= 0.3 is 0 Å². The molecule has 1 aromatic heterocycles. The lowest BCUT2D eigenvalue weighted by Crippen LogP contribution is -2.22. The van der Waals surface area contributed by atoms with Crippen LogP contribution in [0.1, 0.15) is 77.2 Å². The molecule has 0 spiro atoms. The Kier molecular flexibility index (Phi) is 5.98. The number of aromatic amines is 1. The van der Waals surface area contributed by atoms with E-state index in [2.05, 4.69) is 36.7 Å². The van der Waals surface area contributed by atoms with Crippen LogP contribution in [0.3, 0.4) is 0 Å². The Morgan fingerprint density at radius 3 is 2.56 bits per heavy atom. The first-order chi connectivity index (χ1) is 8.66. The van der Waals surface area contributed by atoms with Gasteiger partial charge in [-0.2, -0.15) is 0 Å². The molecule has 1 atom stereocenters. The van der Waals surface area contributed by atoms with E-state index in [-0.39, 0.29) is 5.41 Å². The van der Waals surface area contributed by atoms with E-state index in [1.54, 1.807) is 0 Å². The number of terminal acetylenes is 1. The maximum absolute atomic E-state index is 5.38. The quantitative estimate of drug-likeness (QED) is 0.534. The van der Waals surface area contributed by atoms with Gasteiger partial charge in [-0.1, -0.05) is 52.9 Å². The standard InChI is InChI=1S/C16H26N2/c1-5-8-9-10-12-16(4,11-6-2)14-13-17-15(7-3)18-14/h3,13H,5-6,8-12H2,1-2,4H3,(H,17,18). The van der Waals surface area contributed by atoms with Gasteiger partial charge in [-0.05, 0) is 18.8 Å². The molecular formula is C16H26N2. The lowest BCUT2D eigenvalue weighted by atomic mass is 9.78. The van der Waals surface area contributed by atoms with Crippen LogP contribution in [0.25, 0.3) is 0 Å². The number of imidazole rings is 1. The van der Waals surface area contributed by atoms with Crippen LogP contribution in [0.15, 0.2) is 6.20 Å². The van der Waals surface area contributed by atoms with E-state index < -0.39 is 0 Å². The van der Waals surface area contributed by atoms with Gasteiger partial charge in [0.1, 0.15) is 0 Å². The van der Waals surface area contributed by atoms with Crippen LogP contribution in [0, 0.1) is 12.3 Å². The van der Waals surface area contributed by atoms with Gasteiger partial charge in [0.25, 0.3) is 0 Å². The number of nitrogens with zero attached hydrogens (tertiary/aromatic N) is 1. The lowest BCUT2D eigenvalue weighted by Gasteiger charge is -2.27. The summed E-state index contributed by atoms with van der Waals surface area (Å²) in [5, 5.41) is 0. The minimum absolute atomic E-state index is 0.175. The Labute approximate surface area is 112 Å². The zero-order valence-corrected chi connectivity index (χ0v) is 12.1. The summed E-state index contributed by atoms with van der Waals surface area (Å²) in [6.07, 6.45) is 16.1. The largest absolute Gasteiger partial charge is 0.338 e. The van der Waals surface area contributed by atoms with Gasteiger partial charge in [-0.25, -0.2) is 4.98 Å². The van der Waals surface area contributed by atoms with Gasteiger partial charge in [0, 0.05) is 11.6 Å². The SMILES string of the molecule is C#Cc1nc(C(C)(CCC)CCCCCC)c[nH]1. The molecule has 1 aromatic rings. The van der Waals surface area contributed by atoms with Gasteiger partial charge in [0.15, 0.2) is 5.82 Å². The number of nitrogens with one attached hydrogen (secondary N) is 1. The zero-order valence-electron chi connectivity index (χ0n) is 12.1. The molecule has 0 radical (unpaired) electrons. The Balaban J connectivity index is 2.69. The number of unbranched alkanes of at least 4 members (excludes halogenated alkanes) is 3. The monoisotopic (exact) mass is 246 g/mol. The van der Waals surface area contributed by atoms with Crippen molar-refractivity contribution in [3.05, 3.63) is 17.7 Å². The van der Waals surface area contributed by atoms with Crippen molar-refractivity contribution in [2.75, 3.05) is 0 Å². The van der Waals surface area contributed by atoms with Crippen LogP contribution in [0.5, 0.6) is 0 Å². The molecule has 1 rings (SSSR count). The maximum atomic E-state index is 5.38. The first kappa shape index (κ1) is 14.8. The molecule has 0 aliphatic rings. The van der Waals surface area contributed by atoms with Gasteiger partial charge in [-0.15, -0.1) is 6.42 Å². The van der Waals surface area contributed by atoms with E-state index in [1.165, 1.54) is 44.9 Å². The lowest BCUT2D eigenvalue weighted by molar-refractivity contribution is 0.368. The van der Waals surface area contributed by atoms with Crippen LogP contribution in [-0.2, 0) is 5.41 Å². The van der Waals surface area contributed by atoms with Crippen molar-refractivity contribution in [1.29, 1.82) is 0 Å². The molecule has 18 heavy (non-hydrogen) atoms. The summed E-state index contributed by atoms with van der Waals surface area (Å²) in [5.74, 6) is 3.22. The molecule has 0 aromatic carbocycles. The first-order valence-electron chi connectivity index (χ1n) is 7.18. The summed E-state index contributed by atoms with van der Waals surface area (Å²) < 4.78 is 0. The van der Waals surface area contributed by atoms with E-state index in [1.807, 2.05) is 6.20 Å². The minimum atomic E-state index is 0.175. The molecule has 2 nitrogen and oxygen atoms in total. The van der Waals surface area contributed by atoms with Gasteiger partial charge in [0.2, 0.25) is 0 Å². The number of aromatic nitrogens is 2. The highest BCUT2D eigenvalue weighted by Crippen LogP contribution is 2.33. The topological polar surface area (TPSA) is 28.7 Å². The Bertz CT molecular complexity index is 386. The fraction of sp³-hybridized carbons (Fsp3) is 0.688. The fourth-order valence-electron chi connectivity index (χ4n) is 2.58. The van der Waals surface area contributed by atoms with Crippen LogP contribution >= 0.6 is 0 Å². The van der Waals surface area contributed by atoms with Crippen molar-refractivity contribution in [3.8, 4) is 12.3 Å². The zero-order chi connectivity index (χ0) is 13.4. The third kappa shape index (κ3) is 3.91. The molecule has 1 heterocycles. The number of rotatable bonds is 8. The molecule has 0 fully saturated rings. The smallest absolute Gasteiger partial charge is 0.182 e. The van der Waals surface area contributed by atoms with Crippen LogP contribution in [0.2, 0.25) is 0 Å². The first-order valence-corrected chi connectivity index (χ1v) is 7.18. The summed E-state index contributed by atoms with van der Waals surface area (Å²) >= 11 is 0.